The molecule has 0 bridgehead atoms. The van der Waals surface area contributed by atoms with E-state index in [0.717, 1.165) is 11.1 Å². The van der Waals surface area contributed by atoms with Gasteiger partial charge < -0.3 is 15.2 Å². The van der Waals surface area contributed by atoms with E-state index in [2.05, 4.69) is 0 Å². The molecule has 0 aliphatic carbocycles. The number of methoxy groups -OCH3 is 1. The van der Waals surface area contributed by atoms with Crippen LogP contribution in [0.15, 0.2) is 36.4 Å². The molecule has 0 saturated carbocycles. The Kier molecular flexibility index (Phi) is 4.70. The van der Waals surface area contributed by atoms with Gasteiger partial charge in [-0.3, -0.25) is 5.41 Å². The predicted octanol–water partition coefficient (Wildman–Crippen LogP) is 3.52. The first kappa shape index (κ1) is 15.2. The molecule has 0 aliphatic rings. The maximum Gasteiger partial charge on any atom is 0.138 e. The van der Waals surface area contributed by atoms with Gasteiger partial charge in [-0.05, 0) is 42.8 Å². The summed E-state index contributed by atoms with van der Waals surface area (Å²) < 4.78 is 11.0. The molecule has 2 rings (SSSR count). The lowest BCUT2D eigenvalue weighted by atomic mass is 10.1. The summed E-state index contributed by atoms with van der Waals surface area (Å²) in [5, 5.41) is 8.05. The summed E-state index contributed by atoms with van der Waals surface area (Å²) in [6.45, 7) is 2.25. The molecule has 21 heavy (non-hydrogen) atoms. The van der Waals surface area contributed by atoms with Crippen molar-refractivity contribution in [2.75, 3.05) is 7.11 Å². The van der Waals surface area contributed by atoms with Crippen LogP contribution in [0.2, 0.25) is 5.02 Å². The van der Waals surface area contributed by atoms with E-state index in [4.69, 9.17) is 32.2 Å². The van der Waals surface area contributed by atoms with Crippen molar-refractivity contribution < 1.29 is 9.47 Å². The molecule has 110 valence electrons. The Morgan fingerprint density at radius 2 is 1.90 bits per heavy atom. The Balaban J connectivity index is 2.22. The Hall–Kier alpha value is -2.20. The third-order valence-corrected chi connectivity index (χ3v) is 3.36. The highest BCUT2D eigenvalue weighted by molar-refractivity contribution is 6.32. The molecule has 0 radical (unpaired) electrons. The number of nitrogens with two attached hydrogens (primary N) is 1. The van der Waals surface area contributed by atoms with Gasteiger partial charge in [-0.25, -0.2) is 0 Å². The molecule has 0 amide bonds. The number of hydrogen-bond acceptors (Lipinski definition) is 3. The summed E-state index contributed by atoms with van der Waals surface area (Å²) in [4.78, 5) is 0. The van der Waals surface area contributed by atoms with E-state index in [9.17, 15) is 0 Å². The zero-order valence-corrected chi connectivity index (χ0v) is 12.7. The summed E-state index contributed by atoms with van der Waals surface area (Å²) in [6.07, 6.45) is 0. The van der Waals surface area contributed by atoms with Crippen molar-refractivity contribution in [3.8, 4) is 11.5 Å². The molecule has 0 saturated heterocycles. The van der Waals surface area contributed by atoms with E-state index in [1.54, 1.807) is 25.3 Å². The van der Waals surface area contributed by atoms with Crippen LogP contribution < -0.4 is 15.2 Å². The summed E-state index contributed by atoms with van der Waals surface area (Å²) in [5.41, 5.74) is 8.01. The van der Waals surface area contributed by atoms with Gasteiger partial charge in [-0.15, -0.1) is 0 Å². The fraction of sp³-hybridized carbons (Fsp3) is 0.188. The number of hydrogen-bond donors (Lipinski definition) is 2. The number of amidine groups is 1. The van der Waals surface area contributed by atoms with Crippen LogP contribution in [0.3, 0.4) is 0 Å². The highest BCUT2D eigenvalue weighted by atomic mass is 35.5. The molecule has 5 heteroatoms. The third kappa shape index (κ3) is 3.67. The Labute approximate surface area is 129 Å². The van der Waals surface area contributed by atoms with Crippen LogP contribution in [-0.4, -0.2) is 12.9 Å². The lowest BCUT2D eigenvalue weighted by molar-refractivity contribution is 0.297. The Bertz CT molecular complexity index is 671. The molecule has 0 atom stereocenters. The SMILES string of the molecule is COc1ccc(C(=N)N)cc1COc1ccc(C)cc1Cl. The van der Waals surface area contributed by atoms with Gasteiger partial charge in [-0.2, -0.15) is 0 Å². The number of nitrogens with one attached hydrogen (secondary N) is 1. The summed E-state index contributed by atoms with van der Waals surface area (Å²) >= 11 is 6.14. The van der Waals surface area contributed by atoms with Crippen molar-refractivity contribution in [1.82, 2.24) is 0 Å². The van der Waals surface area contributed by atoms with Gasteiger partial charge in [0, 0.05) is 11.1 Å². The molecular formula is C16H17ClN2O2. The van der Waals surface area contributed by atoms with Gasteiger partial charge in [-0.1, -0.05) is 17.7 Å². The van der Waals surface area contributed by atoms with Gasteiger partial charge >= 0.3 is 0 Å². The lowest BCUT2D eigenvalue weighted by Crippen LogP contribution is -2.12. The molecule has 2 aromatic carbocycles. The van der Waals surface area contributed by atoms with Crippen LogP contribution in [0.1, 0.15) is 16.7 Å². The van der Waals surface area contributed by atoms with Crippen LogP contribution in [0.4, 0.5) is 0 Å². The van der Waals surface area contributed by atoms with Gasteiger partial charge in [0.2, 0.25) is 0 Å². The first-order valence-corrected chi connectivity index (χ1v) is 6.79. The highest BCUT2D eigenvalue weighted by Crippen LogP contribution is 2.28. The van der Waals surface area contributed by atoms with E-state index >= 15 is 0 Å². The van der Waals surface area contributed by atoms with Crippen molar-refractivity contribution >= 4 is 17.4 Å². The van der Waals surface area contributed by atoms with Crippen molar-refractivity contribution in [1.29, 1.82) is 5.41 Å². The fourth-order valence-corrected chi connectivity index (χ4v) is 2.23. The van der Waals surface area contributed by atoms with Crippen molar-refractivity contribution in [3.05, 3.63) is 58.1 Å². The maximum absolute atomic E-state index is 7.49. The van der Waals surface area contributed by atoms with Crippen LogP contribution in [0.5, 0.6) is 11.5 Å². The largest absolute Gasteiger partial charge is 0.496 e. The number of ether oxygens (including phenoxy) is 2. The normalized spacial score (nSPS) is 10.2. The van der Waals surface area contributed by atoms with Crippen molar-refractivity contribution in [3.63, 3.8) is 0 Å². The zero-order valence-electron chi connectivity index (χ0n) is 11.9. The number of aryl methyl sites for hydroxylation is 1. The predicted molar refractivity (Wildman–Crippen MR) is 84.5 cm³/mol. The van der Waals surface area contributed by atoms with Crippen molar-refractivity contribution in [2.45, 2.75) is 13.5 Å². The summed E-state index contributed by atoms with van der Waals surface area (Å²) in [5.74, 6) is 1.30. The molecular weight excluding hydrogens is 288 g/mol. The Morgan fingerprint density at radius 1 is 1.19 bits per heavy atom. The zero-order chi connectivity index (χ0) is 15.4. The minimum absolute atomic E-state index is 0.00673. The van der Waals surface area contributed by atoms with E-state index < -0.39 is 0 Å². The van der Waals surface area contributed by atoms with Crippen LogP contribution in [0.25, 0.3) is 0 Å². The highest BCUT2D eigenvalue weighted by Gasteiger charge is 2.08. The average Bonchev–Trinajstić information content (AvgIpc) is 2.46. The number of benzene rings is 2. The number of rotatable bonds is 5. The smallest absolute Gasteiger partial charge is 0.138 e. The molecule has 4 nitrogen and oxygen atoms in total. The second-order valence-corrected chi connectivity index (χ2v) is 5.07. The van der Waals surface area contributed by atoms with Gasteiger partial charge in [0.25, 0.3) is 0 Å². The molecule has 2 aromatic rings. The first-order chi connectivity index (χ1) is 10.0. The monoisotopic (exact) mass is 304 g/mol. The van der Waals surface area contributed by atoms with Gasteiger partial charge in [0.05, 0.1) is 12.1 Å². The van der Waals surface area contributed by atoms with Crippen molar-refractivity contribution in [2.24, 2.45) is 5.73 Å². The average molecular weight is 305 g/mol. The molecule has 0 fully saturated rings. The van der Waals surface area contributed by atoms with E-state index in [1.165, 1.54) is 0 Å². The quantitative estimate of drug-likeness (QED) is 0.656. The van der Waals surface area contributed by atoms with Gasteiger partial charge in [0.1, 0.15) is 23.9 Å². The first-order valence-electron chi connectivity index (χ1n) is 6.41. The van der Waals surface area contributed by atoms with E-state index in [-0.39, 0.29) is 12.4 Å². The lowest BCUT2D eigenvalue weighted by Gasteiger charge is -2.13. The van der Waals surface area contributed by atoms with E-state index in [1.807, 2.05) is 25.1 Å². The van der Waals surface area contributed by atoms with Gasteiger partial charge in [0.15, 0.2) is 0 Å². The molecule has 0 aromatic heterocycles. The topological polar surface area (TPSA) is 68.3 Å². The Morgan fingerprint density at radius 3 is 2.52 bits per heavy atom. The van der Waals surface area contributed by atoms with E-state index in [0.29, 0.717) is 22.1 Å². The summed E-state index contributed by atoms with van der Waals surface area (Å²) in [6, 6.07) is 10.9. The van der Waals surface area contributed by atoms with Crippen LogP contribution in [-0.2, 0) is 6.61 Å². The molecule has 0 aliphatic heterocycles. The maximum atomic E-state index is 7.49. The number of nitrogen functional groups attached to an aromatic ring is 1. The second-order valence-electron chi connectivity index (χ2n) is 4.66. The van der Waals surface area contributed by atoms with Crippen LogP contribution >= 0.6 is 11.6 Å². The standard InChI is InChI=1S/C16H17ClN2O2/c1-10-3-5-15(13(17)7-10)21-9-12-8-11(16(18)19)4-6-14(12)20-2/h3-8H,9H2,1-2H3,(H3,18,19). The fourth-order valence-electron chi connectivity index (χ4n) is 1.94. The molecule has 0 unspecified atom stereocenters. The number of halogens is 1. The molecule has 3 N–H and O–H groups in total. The minimum atomic E-state index is 0.00673. The second kappa shape index (κ2) is 6.50. The molecule has 0 spiro atoms. The molecule has 0 heterocycles. The minimum Gasteiger partial charge on any atom is -0.496 e. The summed E-state index contributed by atoms with van der Waals surface area (Å²) in [7, 11) is 1.59. The third-order valence-electron chi connectivity index (χ3n) is 3.06. The van der Waals surface area contributed by atoms with Crippen LogP contribution in [0, 0.1) is 12.3 Å².